The van der Waals surface area contributed by atoms with Crippen LogP contribution >= 0.6 is 0 Å². The third kappa shape index (κ3) is 5.17. The number of rotatable bonds is 10. The third-order valence-corrected chi connectivity index (χ3v) is 6.30. The fourth-order valence-corrected chi connectivity index (χ4v) is 4.51. The Kier molecular flexibility index (Phi) is 6.93. The lowest BCUT2D eigenvalue weighted by atomic mass is 9.98. The number of benzene rings is 2. The number of nitrogens with zero attached hydrogens (tertiary/aromatic N) is 1. The van der Waals surface area contributed by atoms with Crippen molar-refractivity contribution in [3.63, 3.8) is 0 Å². The van der Waals surface area contributed by atoms with Gasteiger partial charge in [-0.3, -0.25) is 9.59 Å². The third-order valence-electron chi connectivity index (χ3n) is 6.30. The van der Waals surface area contributed by atoms with Gasteiger partial charge in [-0.1, -0.05) is 48.5 Å². The molecule has 33 heavy (non-hydrogen) atoms. The van der Waals surface area contributed by atoms with Gasteiger partial charge in [-0.2, -0.15) is 0 Å². The summed E-state index contributed by atoms with van der Waals surface area (Å²) >= 11 is 0. The fourth-order valence-electron chi connectivity index (χ4n) is 4.51. The first-order valence-corrected chi connectivity index (χ1v) is 11.1. The van der Waals surface area contributed by atoms with E-state index in [4.69, 9.17) is 14.6 Å². The highest BCUT2D eigenvalue weighted by atomic mass is 16.5. The van der Waals surface area contributed by atoms with Crippen molar-refractivity contribution in [1.82, 2.24) is 10.2 Å². The van der Waals surface area contributed by atoms with Gasteiger partial charge in [0.15, 0.2) is 0 Å². The maximum atomic E-state index is 12.6. The number of aliphatic carboxylic acids is 1. The maximum absolute atomic E-state index is 12.6. The van der Waals surface area contributed by atoms with Crippen LogP contribution in [0.15, 0.2) is 48.5 Å². The second kappa shape index (κ2) is 10.0. The van der Waals surface area contributed by atoms with Gasteiger partial charge in [0.1, 0.15) is 13.2 Å². The van der Waals surface area contributed by atoms with Crippen molar-refractivity contribution in [3.8, 4) is 11.1 Å². The van der Waals surface area contributed by atoms with E-state index in [0.717, 1.165) is 11.1 Å². The van der Waals surface area contributed by atoms with E-state index in [9.17, 15) is 14.4 Å². The van der Waals surface area contributed by atoms with Crippen LogP contribution in [0.1, 0.15) is 23.5 Å². The van der Waals surface area contributed by atoms with E-state index < -0.39 is 12.1 Å². The lowest BCUT2D eigenvalue weighted by Gasteiger charge is -2.20. The van der Waals surface area contributed by atoms with Crippen LogP contribution in [0.3, 0.4) is 0 Å². The Hall–Kier alpha value is -3.39. The summed E-state index contributed by atoms with van der Waals surface area (Å²) in [6, 6.07) is 16.3. The molecular formula is C25H28N2O6. The van der Waals surface area contributed by atoms with Crippen LogP contribution in [0.2, 0.25) is 0 Å². The molecule has 174 valence electrons. The minimum Gasteiger partial charge on any atom is -0.480 e. The van der Waals surface area contributed by atoms with Gasteiger partial charge in [-0.25, -0.2) is 4.79 Å². The van der Waals surface area contributed by atoms with E-state index in [1.165, 1.54) is 23.1 Å². The summed E-state index contributed by atoms with van der Waals surface area (Å²) in [7, 11) is 1.50. The largest absolute Gasteiger partial charge is 0.480 e. The summed E-state index contributed by atoms with van der Waals surface area (Å²) in [4.78, 5) is 37.3. The molecule has 0 unspecified atom stereocenters. The van der Waals surface area contributed by atoms with Crippen LogP contribution < -0.4 is 5.32 Å². The summed E-state index contributed by atoms with van der Waals surface area (Å²) in [6.07, 6.45) is 0.0997. The van der Waals surface area contributed by atoms with Crippen LogP contribution in [-0.4, -0.2) is 67.9 Å². The molecule has 1 fully saturated rings. The van der Waals surface area contributed by atoms with E-state index in [1.807, 2.05) is 24.3 Å². The zero-order chi connectivity index (χ0) is 23.4. The smallest absolute Gasteiger partial charge is 0.407 e. The van der Waals surface area contributed by atoms with Crippen molar-refractivity contribution in [1.29, 1.82) is 0 Å². The van der Waals surface area contributed by atoms with Crippen molar-refractivity contribution >= 4 is 18.0 Å². The molecule has 2 aromatic carbocycles. The zero-order valence-corrected chi connectivity index (χ0v) is 18.5. The number of carboxylic acids is 1. The monoisotopic (exact) mass is 452 g/mol. The van der Waals surface area contributed by atoms with Gasteiger partial charge in [-0.05, 0) is 34.6 Å². The number of carboxylic acid groups (broad SMARTS) is 1. The molecule has 0 aromatic heterocycles. The molecule has 2 aliphatic carbocycles. The Labute approximate surface area is 192 Å². The predicted octanol–water partition coefficient (Wildman–Crippen LogP) is 2.72. The van der Waals surface area contributed by atoms with Gasteiger partial charge >= 0.3 is 12.1 Å². The Morgan fingerprint density at radius 3 is 2.30 bits per heavy atom. The molecule has 0 aliphatic heterocycles. The van der Waals surface area contributed by atoms with E-state index in [1.54, 1.807) is 0 Å². The second-order valence-corrected chi connectivity index (χ2v) is 8.46. The summed E-state index contributed by atoms with van der Waals surface area (Å²) in [5.74, 6) is -1.59. The average Bonchev–Trinajstić information content (AvgIpc) is 3.53. The number of carbonyl (C=O) groups is 3. The van der Waals surface area contributed by atoms with Gasteiger partial charge in [-0.15, -0.1) is 0 Å². The van der Waals surface area contributed by atoms with Crippen LogP contribution in [0.4, 0.5) is 4.79 Å². The Bertz CT molecular complexity index is 994. The number of fused-ring (bicyclic) bond motifs is 3. The molecule has 2 atom stereocenters. The van der Waals surface area contributed by atoms with Gasteiger partial charge in [0, 0.05) is 32.0 Å². The molecule has 8 heteroatoms. The van der Waals surface area contributed by atoms with Gasteiger partial charge in [0.05, 0.1) is 6.61 Å². The Balaban J connectivity index is 1.26. The van der Waals surface area contributed by atoms with Crippen LogP contribution in [0.5, 0.6) is 0 Å². The highest BCUT2D eigenvalue weighted by molar-refractivity contribution is 5.85. The van der Waals surface area contributed by atoms with Crippen molar-refractivity contribution in [2.45, 2.75) is 12.3 Å². The van der Waals surface area contributed by atoms with Gasteiger partial charge < -0.3 is 24.8 Å². The van der Waals surface area contributed by atoms with Crippen molar-refractivity contribution in [3.05, 3.63) is 59.7 Å². The van der Waals surface area contributed by atoms with E-state index in [-0.39, 0.29) is 50.0 Å². The van der Waals surface area contributed by atoms with E-state index >= 15 is 0 Å². The minimum absolute atomic E-state index is 0.0104. The highest BCUT2D eigenvalue weighted by Gasteiger charge is 2.45. The molecule has 8 nitrogen and oxygen atoms in total. The molecule has 0 radical (unpaired) electrons. The first-order valence-electron chi connectivity index (χ1n) is 11.1. The molecule has 1 saturated carbocycles. The first kappa shape index (κ1) is 22.8. The van der Waals surface area contributed by atoms with Crippen molar-refractivity contribution in [2.24, 2.45) is 11.8 Å². The van der Waals surface area contributed by atoms with E-state index in [2.05, 4.69) is 29.6 Å². The molecule has 2 aromatic rings. The molecular weight excluding hydrogens is 424 g/mol. The normalized spacial score (nSPS) is 18.2. The summed E-state index contributed by atoms with van der Waals surface area (Å²) in [5.41, 5.74) is 4.63. The number of ether oxygens (including phenoxy) is 2. The summed E-state index contributed by atoms with van der Waals surface area (Å²) in [5, 5.41) is 11.8. The number of alkyl carbamates (subject to hydrolysis) is 1. The molecule has 2 N–H and O–H groups in total. The quantitative estimate of drug-likeness (QED) is 0.574. The number of carbonyl (C=O) groups excluding carboxylic acids is 2. The summed E-state index contributed by atoms with van der Waals surface area (Å²) < 4.78 is 10.5. The zero-order valence-electron chi connectivity index (χ0n) is 18.5. The molecule has 0 bridgehead atoms. The molecule has 0 heterocycles. The lowest BCUT2D eigenvalue weighted by molar-refractivity contribution is -0.145. The molecule has 2 amide bonds. The minimum atomic E-state index is -1.06. The molecule has 4 rings (SSSR count). The Morgan fingerprint density at radius 2 is 1.70 bits per heavy atom. The van der Waals surface area contributed by atoms with Gasteiger partial charge in [0.2, 0.25) is 5.91 Å². The number of hydrogen-bond donors (Lipinski definition) is 2. The average molecular weight is 453 g/mol. The van der Waals surface area contributed by atoms with Crippen LogP contribution in [0, 0.1) is 11.8 Å². The van der Waals surface area contributed by atoms with Crippen molar-refractivity contribution < 1.29 is 29.0 Å². The van der Waals surface area contributed by atoms with Crippen LogP contribution in [-0.2, 0) is 19.1 Å². The SMILES string of the molecule is COCCN(CC(=O)O)C(=O)[C@H]1C[C@H]1CNC(=O)OCC1c2ccccc2-c2ccccc21. The first-order chi connectivity index (χ1) is 16.0. The van der Waals surface area contributed by atoms with Crippen LogP contribution in [0.25, 0.3) is 11.1 Å². The number of hydrogen-bond acceptors (Lipinski definition) is 5. The maximum Gasteiger partial charge on any atom is 0.407 e. The number of methoxy groups -OCH3 is 1. The Morgan fingerprint density at radius 1 is 1.06 bits per heavy atom. The number of amides is 2. The molecule has 2 aliphatic rings. The second-order valence-electron chi connectivity index (χ2n) is 8.46. The molecule has 0 saturated heterocycles. The highest BCUT2D eigenvalue weighted by Crippen LogP contribution is 2.44. The fraction of sp³-hybridized carbons (Fsp3) is 0.400. The summed E-state index contributed by atoms with van der Waals surface area (Å²) in [6.45, 7) is 0.693. The lowest BCUT2D eigenvalue weighted by Crippen LogP contribution is -2.39. The molecule has 0 spiro atoms. The van der Waals surface area contributed by atoms with Gasteiger partial charge in [0.25, 0.3) is 0 Å². The predicted molar refractivity (Wildman–Crippen MR) is 121 cm³/mol. The number of nitrogens with one attached hydrogen (secondary N) is 1. The topological polar surface area (TPSA) is 105 Å². The standard InChI is InChI=1S/C25H28N2O6/c1-32-11-10-27(14-23(28)29)24(30)21-12-16(21)13-26-25(31)33-15-22-19-8-4-2-6-17(19)18-7-3-5-9-20(18)22/h2-9,16,21-22H,10-15H2,1H3,(H,26,31)(H,28,29)/t16-,21-/m0/s1. The van der Waals surface area contributed by atoms with E-state index in [0.29, 0.717) is 13.0 Å². The van der Waals surface area contributed by atoms with Crippen molar-refractivity contribution in [2.75, 3.05) is 40.0 Å².